The van der Waals surface area contributed by atoms with E-state index in [2.05, 4.69) is 10.2 Å². The zero-order chi connectivity index (χ0) is 24.5. The normalized spacial score (nSPS) is 22.8. The van der Waals surface area contributed by atoms with E-state index in [-0.39, 0.29) is 29.7 Å². The van der Waals surface area contributed by atoms with Crippen LogP contribution in [0.15, 0.2) is 24.3 Å². The third-order valence-electron chi connectivity index (χ3n) is 7.06. The topological polar surface area (TPSA) is 93.3 Å². The van der Waals surface area contributed by atoms with Gasteiger partial charge in [-0.1, -0.05) is 12.1 Å². The minimum absolute atomic E-state index is 0.00971. The van der Waals surface area contributed by atoms with E-state index in [4.69, 9.17) is 0 Å². The van der Waals surface area contributed by atoms with Crippen LogP contribution in [-0.4, -0.2) is 89.3 Å². The average Bonchev–Trinajstić information content (AvgIpc) is 3.11. The van der Waals surface area contributed by atoms with Crippen LogP contribution in [0.4, 0.5) is 5.69 Å². The van der Waals surface area contributed by atoms with Crippen LogP contribution < -0.4 is 10.2 Å². The van der Waals surface area contributed by atoms with Crippen LogP contribution in [0.1, 0.15) is 56.8 Å². The third-order valence-corrected chi connectivity index (χ3v) is 7.06. The van der Waals surface area contributed by atoms with E-state index in [1.165, 1.54) is 0 Å². The molecule has 1 unspecified atom stereocenters. The molecule has 9 nitrogen and oxygen atoms in total. The van der Waals surface area contributed by atoms with Gasteiger partial charge in [0.05, 0.1) is 17.8 Å². The number of benzene rings is 1. The molecule has 0 spiro atoms. The van der Waals surface area contributed by atoms with E-state index in [1.54, 1.807) is 15.9 Å². The van der Waals surface area contributed by atoms with E-state index in [0.29, 0.717) is 76.2 Å². The number of anilines is 1. The van der Waals surface area contributed by atoms with Crippen LogP contribution in [0.3, 0.4) is 0 Å². The minimum atomic E-state index is -0.687. The van der Waals surface area contributed by atoms with Crippen LogP contribution in [0.5, 0.6) is 0 Å². The lowest BCUT2D eigenvalue weighted by molar-refractivity contribution is -0.133. The van der Waals surface area contributed by atoms with Gasteiger partial charge in [0.1, 0.15) is 5.66 Å². The van der Waals surface area contributed by atoms with Gasteiger partial charge in [-0.05, 0) is 45.7 Å². The SMILES string of the molecule is CC(C)NC(=O)CN1CCN(C(=O)CCCN2C(=O)c3ccccc3N3C(=O)CCC23C)CC1. The van der Waals surface area contributed by atoms with Crippen molar-refractivity contribution in [3.8, 4) is 0 Å². The molecule has 0 bridgehead atoms. The molecule has 3 aliphatic rings. The van der Waals surface area contributed by atoms with E-state index in [9.17, 15) is 19.2 Å². The fourth-order valence-electron chi connectivity index (χ4n) is 5.31. The first-order valence-corrected chi connectivity index (χ1v) is 12.2. The number of para-hydroxylation sites is 1. The quantitative estimate of drug-likeness (QED) is 0.652. The molecular weight excluding hydrogens is 434 g/mol. The number of fused-ring (bicyclic) bond motifs is 3. The van der Waals surface area contributed by atoms with Gasteiger partial charge in [0, 0.05) is 51.6 Å². The van der Waals surface area contributed by atoms with Gasteiger partial charge in [-0.2, -0.15) is 0 Å². The summed E-state index contributed by atoms with van der Waals surface area (Å²) < 4.78 is 0. The molecule has 0 aromatic heterocycles. The zero-order valence-electron chi connectivity index (χ0n) is 20.4. The lowest BCUT2D eigenvalue weighted by atomic mass is 9.98. The van der Waals surface area contributed by atoms with Crippen molar-refractivity contribution in [1.82, 2.24) is 20.0 Å². The molecule has 1 aromatic carbocycles. The van der Waals surface area contributed by atoms with Gasteiger partial charge in [-0.15, -0.1) is 0 Å². The van der Waals surface area contributed by atoms with Crippen molar-refractivity contribution < 1.29 is 19.2 Å². The highest BCUT2D eigenvalue weighted by Gasteiger charge is 2.52. The number of carbonyl (C=O) groups excluding carboxylic acids is 4. The zero-order valence-corrected chi connectivity index (χ0v) is 20.4. The number of hydrogen-bond acceptors (Lipinski definition) is 5. The number of piperazine rings is 1. The van der Waals surface area contributed by atoms with Crippen molar-refractivity contribution in [2.45, 2.75) is 58.2 Å². The van der Waals surface area contributed by atoms with Crippen LogP contribution in [0.2, 0.25) is 0 Å². The van der Waals surface area contributed by atoms with E-state index in [1.807, 2.05) is 43.9 Å². The van der Waals surface area contributed by atoms with Gasteiger partial charge < -0.3 is 15.1 Å². The summed E-state index contributed by atoms with van der Waals surface area (Å²) in [6.07, 6.45) is 1.89. The molecule has 1 atom stereocenters. The summed E-state index contributed by atoms with van der Waals surface area (Å²) in [4.78, 5) is 58.2. The Hall–Kier alpha value is -2.94. The van der Waals surface area contributed by atoms with Crippen LogP contribution in [-0.2, 0) is 14.4 Å². The van der Waals surface area contributed by atoms with E-state index < -0.39 is 5.66 Å². The lowest BCUT2D eigenvalue weighted by Gasteiger charge is -2.48. The molecule has 184 valence electrons. The maximum Gasteiger partial charge on any atom is 0.257 e. The predicted octanol–water partition coefficient (Wildman–Crippen LogP) is 1.43. The van der Waals surface area contributed by atoms with Gasteiger partial charge in [0.25, 0.3) is 5.91 Å². The average molecular weight is 470 g/mol. The summed E-state index contributed by atoms with van der Waals surface area (Å²) in [5.41, 5.74) is 0.539. The second-order valence-electron chi connectivity index (χ2n) is 9.90. The Morgan fingerprint density at radius 1 is 1.09 bits per heavy atom. The Kier molecular flexibility index (Phi) is 6.93. The van der Waals surface area contributed by atoms with E-state index in [0.717, 1.165) is 0 Å². The minimum Gasteiger partial charge on any atom is -0.353 e. The largest absolute Gasteiger partial charge is 0.353 e. The molecule has 0 radical (unpaired) electrons. The first kappa shape index (κ1) is 24.2. The van der Waals surface area contributed by atoms with Crippen molar-refractivity contribution in [1.29, 1.82) is 0 Å². The molecule has 1 N–H and O–H groups in total. The van der Waals surface area contributed by atoms with Crippen molar-refractivity contribution in [3.63, 3.8) is 0 Å². The molecule has 1 aromatic rings. The molecule has 34 heavy (non-hydrogen) atoms. The fourth-order valence-corrected chi connectivity index (χ4v) is 5.31. The van der Waals surface area contributed by atoms with Crippen molar-refractivity contribution in [2.24, 2.45) is 0 Å². The van der Waals surface area contributed by atoms with Crippen molar-refractivity contribution in [2.75, 3.05) is 44.2 Å². The first-order chi connectivity index (χ1) is 16.2. The highest BCUT2D eigenvalue weighted by molar-refractivity contribution is 6.10. The molecule has 2 saturated heterocycles. The van der Waals surface area contributed by atoms with Crippen LogP contribution >= 0.6 is 0 Å². The van der Waals surface area contributed by atoms with Gasteiger partial charge in [-0.25, -0.2) is 0 Å². The standard InChI is InChI=1S/C25H35N5O4/c1-18(2)26-21(31)17-27-13-15-28(16-14-27)22(32)9-6-12-29-24(34)19-7-4-5-8-20(19)30-23(33)10-11-25(29,30)3/h4-5,7-8,18H,6,9-17H2,1-3H3,(H,26,31). The highest BCUT2D eigenvalue weighted by Crippen LogP contribution is 2.44. The summed E-state index contributed by atoms with van der Waals surface area (Å²) in [6, 6.07) is 7.38. The van der Waals surface area contributed by atoms with E-state index >= 15 is 0 Å². The van der Waals surface area contributed by atoms with Gasteiger partial charge >= 0.3 is 0 Å². The predicted molar refractivity (Wildman–Crippen MR) is 128 cm³/mol. The summed E-state index contributed by atoms with van der Waals surface area (Å²) in [7, 11) is 0. The Labute approximate surface area is 201 Å². The van der Waals surface area contributed by atoms with Crippen LogP contribution in [0.25, 0.3) is 0 Å². The third kappa shape index (κ3) is 4.66. The Bertz CT molecular complexity index is 972. The number of nitrogens with zero attached hydrogens (tertiary/aromatic N) is 4. The molecular formula is C25H35N5O4. The van der Waals surface area contributed by atoms with Crippen LogP contribution in [0, 0.1) is 0 Å². The maximum absolute atomic E-state index is 13.3. The van der Waals surface area contributed by atoms with Crippen molar-refractivity contribution >= 4 is 29.3 Å². The van der Waals surface area contributed by atoms with Gasteiger partial charge in [0.2, 0.25) is 17.7 Å². The molecule has 0 aliphatic carbocycles. The molecule has 3 aliphatic heterocycles. The first-order valence-electron chi connectivity index (χ1n) is 12.2. The molecule has 4 amide bonds. The molecule has 9 heteroatoms. The second kappa shape index (κ2) is 9.74. The summed E-state index contributed by atoms with van der Waals surface area (Å²) >= 11 is 0. The number of carbonyl (C=O) groups is 4. The van der Waals surface area contributed by atoms with Crippen molar-refractivity contribution in [3.05, 3.63) is 29.8 Å². The number of amides is 4. The summed E-state index contributed by atoms with van der Waals surface area (Å²) in [5, 5.41) is 2.90. The molecule has 0 saturated carbocycles. The fraction of sp³-hybridized carbons (Fsp3) is 0.600. The van der Waals surface area contributed by atoms with Gasteiger partial charge in [0.15, 0.2) is 0 Å². The summed E-state index contributed by atoms with van der Waals surface area (Å²) in [6.45, 7) is 9.15. The number of nitrogens with one attached hydrogen (secondary N) is 1. The Morgan fingerprint density at radius 3 is 2.50 bits per heavy atom. The Morgan fingerprint density at radius 2 is 1.79 bits per heavy atom. The molecule has 4 rings (SSSR count). The highest BCUT2D eigenvalue weighted by atomic mass is 16.2. The summed E-state index contributed by atoms with van der Waals surface area (Å²) in [5.74, 6) is 0.0318. The number of hydrogen-bond donors (Lipinski definition) is 1. The smallest absolute Gasteiger partial charge is 0.257 e. The maximum atomic E-state index is 13.3. The molecule has 3 heterocycles. The second-order valence-corrected chi connectivity index (χ2v) is 9.90. The molecule has 2 fully saturated rings. The monoisotopic (exact) mass is 469 g/mol. The number of rotatable bonds is 7. The van der Waals surface area contributed by atoms with Gasteiger partial charge in [-0.3, -0.25) is 29.0 Å². The lowest BCUT2D eigenvalue weighted by Crippen LogP contribution is -2.62. The Balaban J connectivity index is 1.31.